The van der Waals surface area contributed by atoms with Gasteiger partial charge in [-0.2, -0.15) is 0 Å². The number of benzene rings is 3. The van der Waals surface area contributed by atoms with Gasteiger partial charge in [-0.3, -0.25) is 9.59 Å². The van der Waals surface area contributed by atoms with Gasteiger partial charge in [-0.1, -0.05) is 43.0 Å². The lowest BCUT2D eigenvalue weighted by molar-refractivity contribution is -0.112. The molecular weight excluding hydrogens is 478 g/mol. The van der Waals surface area contributed by atoms with Gasteiger partial charge in [0, 0.05) is 28.6 Å². The maximum Gasteiger partial charge on any atom is 0.256 e. The number of rotatable bonds is 9. The summed E-state index contributed by atoms with van der Waals surface area (Å²) in [7, 11) is 1.57. The largest absolute Gasteiger partial charge is 0.497 e. The van der Waals surface area contributed by atoms with E-state index in [4.69, 9.17) is 9.47 Å². The molecule has 0 fully saturated rings. The second kappa shape index (κ2) is 12.2. The smallest absolute Gasteiger partial charge is 0.256 e. The van der Waals surface area contributed by atoms with Crippen molar-refractivity contribution < 1.29 is 19.1 Å². The van der Waals surface area contributed by atoms with E-state index in [0.29, 0.717) is 45.5 Å². The van der Waals surface area contributed by atoms with Gasteiger partial charge in [-0.05, 0) is 67.6 Å². The number of carbonyl (C=O) groups excluding carboxylic acids is 2. The Labute approximate surface area is 221 Å². The van der Waals surface area contributed by atoms with E-state index in [1.54, 1.807) is 87.0 Å². The quantitative estimate of drug-likeness (QED) is 0.203. The second-order valence-electron chi connectivity index (χ2n) is 8.27. The summed E-state index contributed by atoms with van der Waals surface area (Å²) in [5.41, 5.74) is 2.85. The van der Waals surface area contributed by atoms with Crippen molar-refractivity contribution in [1.82, 2.24) is 4.98 Å². The van der Waals surface area contributed by atoms with Crippen molar-refractivity contribution in [3.05, 3.63) is 132 Å². The fourth-order valence-corrected chi connectivity index (χ4v) is 3.56. The lowest BCUT2D eigenvalue weighted by atomic mass is 10.1. The van der Waals surface area contributed by atoms with E-state index >= 15 is 0 Å². The summed E-state index contributed by atoms with van der Waals surface area (Å²) in [5.74, 6) is 1.20. The zero-order valence-corrected chi connectivity index (χ0v) is 21.1. The lowest BCUT2D eigenvalue weighted by Crippen LogP contribution is -2.16. The number of methoxy groups -OCH3 is 1. The average molecular weight is 506 g/mol. The Morgan fingerprint density at radius 2 is 1.42 bits per heavy atom. The molecule has 2 amide bonds. The summed E-state index contributed by atoms with van der Waals surface area (Å²) in [6, 6.07) is 28.5. The Balaban J connectivity index is 1.58. The van der Waals surface area contributed by atoms with Crippen LogP contribution in [-0.2, 0) is 9.53 Å². The molecule has 4 rings (SSSR count). The summed E-state index contributed by atoms with van der Waals surface area (Å²) in [5, 5.41) is 5.66. The molecule has 0 atom stereocenters. The maximum atomic E-state index is 13.1. The topological polar surface area (TPSA) is 89.5 Å². The van der Waals surface area contributed by atoms with Gasteiger partial charge >= 0.3 is 0 Å². The predicted octanol–water partition coefficient (Wildman–Crippen LogP) is 6.40. The van der Waals surface area contributed by atoms with E-state index in [1.807, 2.05) is 30.3 Å². The van der Waals surface area contributed by atoms with E-state index in [2.05, 4.69) is 22.2 Å². The third-order valence-electron chi connectivity index (χ3n) is 5.67. The number of pyridine rings is 1. The first-order valence-corrected chi connectivity index (χ1v) is 11.9. The van der Waals surface area contributed by atoms with Crippen LogP contribution in [0.3, 0.4) is 0 Å². The molecule has 0 aliphatic heterocycles. The van der Waals surface area contributed by atoms with Gasteiger partial charge in [0.15, 0.2) is 0 Å². The fourth-order valence-electron chi connectivity index (χ4n) is 3.56. The highest BCUT2D eigenvalue weighted by molar-refractivity contribution is 6.08. The summed E-state index contributed by atoms with van der Waals surface area (Å²) in [4.78, 5) is 29.9. The molecule has 0 saturated heterocycles. The predicted molar refractivity (Wildman–Crippen MR) is 149 cm³/mol. The number of amides is 2. The first-order valence-electron chi connectivity index (χ1n) is 11.9. The Kier molecular flexibility index (Phi) is 8.31. The number of aromatic nitrogens is 1. The van der Waals surface area contributed by atoms with Crippen LogP contribution in [0.25, 0.3) is 11.5 Å². The fraction of sp³-hybridized carbons (Fsp3) is 0.0645. The molecule has 7 heteroatoms. The van der Waals surface area contributed by atoms with Crippen LogP contribution in [-0.4, -0.2) is 23.9 Å². The summed E-state index contributed by atoms with van der Waals surface area (Å²) in [6.45, 7) is 5.72. The van der Waals surface area contributed by atoms with Crippen LogP contribution < -0.4 is 15.4 Å². The standard InChI is InChI=1S/C31H27N3O4/c1-21(30(35)34-28-11-7-8-20-32-28)29(38-22(2)23-9-5-4-6-10-23)24-12-16-26(17-13-24)33-31(36)25-14-18-27(37-3)19-15-25/h4-20H,2H2,1,3H3,(H,33,36)(H,32,34,35)/b29-21+. The lowest BCUT2D eigenvalue weighted by Gasteiger charge is -2.17. The molecule has 0 aliphatic rings. The van der Waals surface area contributed by atoms with Crippen LogP contribution in [0.2, 0.25) is 0 Å². The normalized spacial score (nSPS) is 11.1. The Hall–Kier alpha value is -5.17. The third-order valence-corrected chi connectivity index (χ3v) is 5.67. The van der Waals surface area contributed by atoms with Crippen LogP contribution >= 0.6 is 0 Å². The van der Waals surface area contributed by atoms with Crippen molar-refractivity contribution >= 4 is 34.8 Å². The Morgan fingerprint density at radius 1 is 0.763 bits per heavy atom. The first-order chi connectivity index (χ1) is 18.4. The van der Waals surface area contributed by atoms with E-state index in [0.717, 1.165) is 5.56 Å². The summed E-state index contributed by atoms with van der Waals surface area (Å²) < 4.78 is 11.3. The van der Waals surface area contributed by atoms with Crippen molar-refractivity contribution in [1.29, 1.82) is 0 Å². The van der Waals surface area contributed by atoms with Gasteiger partial charge in [0.25, 0.3) is 11.8 Å². The van der Waals surface area contributed by atoms with Crippen LogP contribution in [0.5, 0.6) is 5.75 Å². The van der Waals surface area contributed by atoms with Gasteiger partial charge < -0.3 is 20.1 Å². The van der Waals surface area contributed by atoms with Crippen LogP contribution in [0.15, 0.2) is 115 Å². The maximum absolute atomic E-state index is 13.1. The van der Waals surface area contributed by atoms with Crippen LogP contribution in [0.1, 0.15) is 28.4 Å². The molecule has 4 aromatic rings. The van der Waals surface area contributed by atoms with E-state index in [9.17, 15) is 9.59 Å². The molecule has 0 spiro atoms. The molecular formula is C31H27N3O4. The minimum Gasteiger partial charge on any atom is -0.497 e. The molecule has 0 unspecified atom stereocenters. The van der Waals surface area contributed by atoms with Gasteiger partial charge in [0.05, 0.1) is 12.7 Å². The third kappa shape index (κ3) is 6.53. The highest BCUT2D eigenvalue weighted by atomic mass is 16.5. The highest BCUT2D eigenvalue weighted by Crippen LogP contribution is 2.28. The van der Waals surface area contributed by atoms with Crippen molar-refractivity contribution in [2.75, 3.05) is 17.7 Å². The van der Waals surface area contributed by atoms with E-state index < -0.39 is 0 Å². The number of nitrogens with one attached hydrogen (secondary N) is 2. The summed E-state index contributed by atoms with van der Waals surface area (Å²) in [6.07, 6.45) is 1.60. The van der Waals surface area contributed by atoms with Crippen molar-refractivity contribution in [2.24, 2.45) is 0 Å². The van der Waals surface area contributed by atoms with Gasteiger partial charge in [0.1, 0.15) is 23.1 Å². The van der Waals surface area contributed by atoms with Crippen LogP contribution in [0.4, 0.5) is 11.5 Å². The Morgan fingerprint density at radius 3 is 2.05 bits per heavy atom. The number of ether oxygens (including phenoxy) is 2. The highest BCUT2D eigenvalue weighted by Gasteiger charge is 2.17. The van der Waals surface area contributed by atoms with Gasteiger partial charge in [-0.15, -0.1) is 0 Å². The summed E-state index contributed by atoms with van der Waals surface area (Å²) >= 11 is 0. The van der Waals surface area contributed by atoms with Crippen molar-refractivity contribution in [2.45, 2.75) is 6.92 Å². The van der Waals surface area contributed by atoms with Gasteiger partial charge in [-0.25, -0.2) is 4.98 Å². The molecule has 190 valence electrons. The SMILES string of the molecule is C=C(O/C(=C(\C)C(=O)Nc1ccccn1)c1ccc(NC(=O)c2ccc(OC)cc2)cc1)c1ccccc1. The van der Waals surface area contributed by atoms with E-state index in [1.165, 1.54) is 0 Å². The van der Waals surface area contributed by atoms with Crippen molar-refractivity contribution in [3.8, 4) is 5.75 Å². The molecule has 3 aromatic carbocycles. The number of hydrogen-bond acceptors (Lipinski definition) is 5. The molecule has 1 heterocycles. The van der Waals surface area contributed by atoms with Gasteiger partial charge in [0.2, 0.25) is 0 Å². The minimum atomic E-state index is -0.364. The molecule has 7 nitrogen and oxygen atoms in total. The molecule has 38 heavy (non-hydrogen) atoms. The minimum absolute atomic E-state index is 0.254. The Bertz CT molecular complexity index is 1450. The molecule has 1 aromatic heterocycles. The monoisotopic (exact) mass is 505 g/mol. The number of nitrogens with zero attached hydrogens (tertiary/aromatic N) is 1. The molecule has 0 aliphatic carbocycles. The first kappa shape index (κ1) is 25.9. The number of carbonyl (C=O) groups is 2. The number of hydrogen-bond donors (Lipinski definition) is 2. The zero-order chi connectivity index (χ0) is 26.9. The number of anilines is 2. The van der Waals surface area contributed by atoms with Crippen LogP contribution in [0, 0.1) is 0 Å². The zero-order valence-electron chi connectivity index (χ0n) is 21.1. The second-order valence-corrected chi connectivity index (χ2v) is 8.27. The molecule has 2 N–H and O–H groups in total. The average Bonchev–Trinajstić information content (AvgIpc) is 2.97. The van der Waals surface area contributed by atoms with E-state index in [-0.39, 0.29) is 11.8 Å². The van der Waals surface area contributed by atoms with Crippen molar-refractivity contribution in [3.63, 3.8) is 0 Å². The molecule has 0 bridgehead atoms. The molecule has 0 saturated carbocycles. The molecule has 0 radical (unpaired) electrons.